The van der Waals surface area contributed by atoms with Crippen LogP contribution in [0.15, 0.2) is 22.7 Å². The van der Waals surface area contributed by atoms with Crippen LogP contribution in [-0.2, 0) is 19.1 Å². The predicted octanol–water partition coefficient (Wildman–Crippen LogP) is 1.42. The summed E-state index contributed by atoms with van der Waals surface area (Å²) in [5, 5.41) is 2.63. The second kappa shape index (κ2) is 7.56. The highest BCUT2D eigenvalue weighted by Gasteiger charge is 2.29. The lowest BCUT2D eigenvalue weighted by Gasteiger charge is -2.38. The average Bonchev–Trinajstić information content (AvgIpc) is 2.44. The van der Waals surface area contributed by atoms with Gasteiger partial charge in [-0.25, -0.2) is 4.79 Å². The van der Waals surface area contributed by atoms with Crippen molar-refractivity contribution in [2.24, 2.45) is 0 Å². The molecule has 1 heterocycles. The summed E-state index contributed by atoms with van der Waals surface area (Å²) in [4.78, 5) is 36.3. The minimum atomic E-state index is -0.537. The van der Waals surface area contributed by atoms with Crippen LogP contribution in [0.2, 0.25) is 0 Å². The summed E-state index contributed by atoms with van der Waals surface area (Å²) >= 11 is 3.29. The van der Waals surface area contributed by atoms with Crippen molar-refractivity contribution in [1.82, 2.24) is 4.90 Å². The molecule has 0 atom stereocenters. The number of anilines is 1. The fourth-order valence-electron chi connectivity index (χ4n) is 2.09. The van der Waals surface area contributed by atoms with Crippen LogP contribution < -0.4 is 5.32 Å². The van der Waals surface area contributed by atoms with Gasteiger partial charge in [-0.2, -0.15) is 0 Å². The zero-order chi connectivity index (χ0) is 17.0. The Hall–Kier alpha value is -1.93. The Balaban J connectivity index is 1.89. The highest BCUT2D eigenvalue weighted by atomic mass is 79.9. The number of esters is 1. The van der Waals surface area contributed by atoms with Gasteiger partial charge >= 0.3 is 5.97 Å². The lowest BCUT2D eigenvalue weighted by atomic mass is 10.1. The molecule has 0 aliphatic carbocycles. The van der Waals surface area contributed by atoms with Crippen molar-refractivity contribution in [2.75, 3.05) is 32.1 Å². The molecule has 8 heteroatoms. The van der Waals surface area contributed by atoms with Gasteiger partial charge < -0.3 is 19.7 Å². The predicted molar refractivity (Wildman–Crippen MR) is 86.1 cm³/mol. The normalized spacial score (nSPS) is 14.1. The molecule has 1 aromatic rings. The summed E-state index contributed by atoms with van der Waals surface area (Å²) in [5.74, 6) is -0.925. The Kier molecular flexibility index (Phi) is 5.73. The fraction of sp³-hybridized carbons (Fsp3) is 0.400. The van der Waals surface area contributed by atoms with E-state index in [0.29, 0.717) is 18.8 Å². The summed E-state index contributed by atoms with van der Waals surface area (Å²) < 4.78 is 10.8. The summed E-state index contributed by atoms with van der Waals surface area (Å²) in [5.41, 5.74) is 0.606. The number of nitrogens with zero attached hydrogens (tertiary/aromatic N) is 1. The van der Waals surface area contributed by atoms with E-state index in [9.17, 15) is 14.4 Å². The number of methoxy groups -OCH3 is 1. The molecule has 0 saturated carbocycles. The molecule has 0 bridgehead atoms. The molecule has 124 valence electrons. The van der Waals surface area contributed by atoms with Gasteiger partial charge in [-0.05, 0) is 18.2 Å². The van der Waals surface area contributed by atoms with E-state index >= 15 is 0 Å². The molecule has 1 N–H and O–H groups in total. The van der Waals surface area contributed by atoms with Gasteiger partial charge in [0.15, 0.2) is 0 Å². The van der Waals surface area contributed by atoms with E-state index in [1.54, 1.807) is 23.1 Å². The number of likely N-dealkylation sites (tertiary alicyclic amines) is 1. The maximum atomic E-state index is 12.0. The lowest BCUT2D eigenvalue weighted by molar-refractivity contribution is -0.144. The third kappa shape index (κ3) is 4.52. The second-order valence-electron chi connectivity index (χ2n) is 5.09. The standard InChI is InChI=1S/C15H17BrN2O5/c1-9(19)18-6-11(7-18)23-8-14(20)17-13-5-10(16)3-4-12(13)15(21)22-2/h3-5,11H,6-8H2,1-2H3,(H,17,20). The Morgan fingerprint density at radius 3 is 2.65 bits per heavy atom. The Labute approximate surface area is 142 Å². The van der Waals surface area contributed by atoms with Crippen molar-refractivity contribution in [3.63, 3.8) is 0 Å². The molecule has 2 rings (SSSR count). The van der Waals surface area contributed by atoms with Crippen LogP contribution in [0.5, 0.6) is 0 Å². The number of carbonyl (C=O) groups excluding carboxylic acids is 3. The Morgan fingerprint density at radius 2 is 2.04 bits per heavy atom. The maximum Gasteiger partial charge on any atom is 0.339 e. The lowest BCUT2D eigenvalue weighted by Crippen LogP contribution is -2.54. The zero-order valence-corrected chi connectivity index (χ0v) is 14.4. The molecule has 1 aromatic carbocycles. The van der Waals surface area contributed by atoms with Crippen molar-refractivity contribution in [1.29, 1.82) is 0 Å². The van der Waals surface area contributed by atoms with Crippen LogP contribution >= 0.6 is 15.9 Å². The van der Waals surface area contributed by atoms with E-state index in [1.807, 2.05) is 0 Å². The van der Waals surface area contributed by atoms with Gasteiger partial charge in [-0.1, -0.05) is 15.9 Å². The largest absolute Gasteiger partial charge is 0.465 e. The number of hydrogen-bond acceptors (Lipinski definition) is 5. The number of halogens is 1. The zero-order valence-electron chi connectivity index (χ0n) is 12.8. The monoisotopic (exact) mass is 384 g/mol. The van der Waals surface area contributed by atoms with Crippen LogP contribution in [0.3, 0.4) is 0 Å². The first-order valence-corrected chi connectivity index (χ1v) is 7.75. The summed E-state index contributed by atoms with van der Waals surface area (Å²) in [6, 6.07) is 4.86. The smallest absolute Gasteiger partial charge is 0.339 e. The molecule has 0 aromatic heterocycles. The van der Waals surface area contributed by atoms with Gasteiger partial charge in [0, 0.05) is 24.5 Å². The van der Waals surface area contributed by atoms with E-state index in [0.717, 1.165) is 4.47 Å². The van der Waals surface area contributed by atoms with Gasteiger partial charge in [-0.3, -0.25) is 9.59 Å². The van der Waals surface area contributed by atoms with E-state index in [-0.39, 0.29) is 30.1 Å². The van der Waals surface area contributed by atoms with E-state index in [2.05, 4.69) is 26.0 Å². The number of carbonyl (C=O) groups is 3. The van der Waals surface area contributed by atoms with E-state index in [1.165, 1.54) is 14.0 Å². The molecule has 1 aliphatic heterocycles. The van der Waals surface area contributed by atoms with Crippen molar-refractivity contribution >= 4 is 39.4 Å². The second-order valence-corrected chi connectivity index (χ2v) is 6.00. The summed E-state index contributed by atoms with van der Waals surface area (Å²) in [7, 11) is 1.27. The van der Waals surface area contributed by atoms with Gasteiger partial charge in [0.25, 0.3) is 0 Å². The third-order valence-corrected chi connectivity index (χ3v) is 3.90. The highest BCUT2D eigenvalue weighted by molar-refractivity contribution is 9.10. The van der Waals surface area contributed by atoms with Crippen molar-refractivity contribution in [3.05, 3.63) is 28.2 Å². The van der Waals surface area contributed by atoms with Gasteiger partial charge in [0.1, 0.15) is 6.61 Å². The van der Waals surface area contributed by atoms with Crippen LogP contribution in [0.1, 0.15) is 17.3 Å². The number of amides is 2. The molecule has 0 unspecified atom stereocenters. The van der Waals surface area contributed by atoms with Gasteiger partial charge in [0.2, 0.25) is 11.8 Å². The van der Waals surface area contributed by atoms with Crippen molar-refractivity contribution in [2.45, 2.75) is 13.0 Å². The Bertz CT molecular complexity index is 628. The van der Waals surface area contributed by atoms with Gasteiger partial charge in [0.05, 0.1) is 24.5 Å². The topological polar surface area (TPSA) is 84.9 Å². The van der Waals surface area contributed by atoms with Crippen LogP contribution in [0.25, 0.3) is 0 Å². The van der Waals surface area contributed by atoms with E-state index in [4.69, 9.17) is 4.74 Å². The molecular formula is C15H17BrN2O5. The molecule has 1 saturated heterocycles. The number of ether oxygens (including phenoxy) is 2. The van der Waals surface area contributed by atoms with Crippen molar-refractivity contribution in [3.8, 4) is 0 Å². The minimum absolute atomic E-state index is 0.00819. The van der Waals surface area contributed by atoms with Crippen molar-refractivity contribution < 1.29 is 23.9 Å². The highest BCUT2D eigenvalue weighted by Crippen LogP contribution is 2.22. The molecule has 2 amide bonds. The number of hydrogen-bond donors (Lipinski definition) is 1. The average molecular weight is 385 g/mol. The Morgan fingerprint density at radius 1 is 1.35 bits per heavy atom. The van der Waals surface area contributed by atoms with Crippen LogP contribution in [-0.4, -0.2) is 55.6 Å². The van der Waals surface area contributed by atoms with Crippen LogP contribution in [0, 0.1) is 0 Å². The quantitative estimate of drug-likeness (QED) is 0.776. The van der Waals surface area contributed by atoms with E-state index < -0.39 is 5.97 Å². The molecule has 1 aliphatic rings. The third-order valence-electron chi connectivity index (χ3n) is 3.40. The molecular weight excluding hydrogens is 368 g/mol. The first-order valence-electron chi connectivity index (χ1n) is 6.95. The summed E-state index contributed by atoms with van der Waals surface area (Å²) in [6.45, 7) is 2.33. The number of rotatable bonds is 5. The SMILES string of the molecule is COC(=O)c1ccc(Br)cc1NC(=O)COC1CN(C(C)=O)C1. The number of nitrogens with one attached hydrogen (secondary N) is 1. The molecule has 1 fully saturated rings. The number of benzene rings is 1. The first-order chi connectivity index (χ1) is 10.9. The minimum Gasteiger partial charge on any atom is -0.465 e. The molecule has 23 heavy (non-hydrogen) atoms. The maximum absolute atomic E-state index is 12.0. The first kappa shape index (κ1) is 17.4. The fourth-order valence-corrected chi connectivity index (χ4v) is 2.45. The molecule has 7 nitrogen and oxygen atoms in total. The summed E-state index contributed by atoms with van der Waals surface area (Å²) in [6.07, 6.45) is -0.132. The molecule has 0 radical (unpaired) electrons. The molecule has 0 spiro atoms. The van der Waals surface area contributed by atoms with Crippen LogP contribution in [0.4, 0.5) is 5.69 Å². The van der Waals surface area contributed by atoms with Gasteiger partial charge in [-0.15, -0.1) is 0 Å².